The molecule has 3 heterocycles. The van der Waals surface area contributed by atoms with Crippen molar-refractivity contribution in [2.24, 2.45) is 0 Å². The quantitative estimate of drug-likeness (QED) is 0.307. The highest BCUT2D eigenvalue weighted by molar-refractivity contribution is 6.30. The van der Waals surface area contributed by atoms with Crippen LogP contribution in [-0.4, -0.2) is 29.0 Å². The van der Waals surface area contributed by atoms with Crippen molar-refractivity contribution in [2.45, 2.75) is 19.3 Å². The van der Waals surface area contributed by atoms with Gasteiger partial charge in [-0.1, -0.05) is 29.8 Å². The van der Waals surface area contributed by atoms with Crippen LogP contribution in [0.2, 0.25) is 5.02 Å². The predicted octanol–water partition coefficient (Wildman–Crippen LogP) is 6.43. The minimum atomic E-state index is -4.51. The molecule has 0 aliphatic carbocycles. The zero-order valence-corrected chi connectivity index (χ0v) is 20.9. The van der Waals surface area contributed by atoms with Gasteiger partial charge in [0.15, 0.2) is 0 Å². The third-order valence-electron chi connectivity index (χ3n) is 6.27. The molecule has 0 saturated carbocycles. The zero-order chi connectivity index (χ0) is 26.7. The van der Waals surface area contributed by atoms with Gasteiger partial charge in [0.2, 0.25) is 0 Å². The van der Waals surface area contributed by atoms with E-state index in [0.29, 0.717) is 35.8 Å². The number of carbonyl (C=O) groups is 1. The standard InChI is InChI=1S/C28H23ClF3N5O/c29-22-6-7-24(28(30,31)32)21(14-22)18-36-13-12-34-26-25(36)15-23(16-35-26)37(17-19-8-10-33-11-9-19)27(38)20-4-2-1-3-5-20/h1-11,14-16H,12-13,17-18H2,(H,34,35). The van der Waals surface area contributed by atoms with E-state index < -0.39 is 11.7 Å². The van der Waals surface area contributed by atoms with Crippen molar-refractivity contribution >= 4 is 34.7 Å². The van der Waals surface area contributed by atoms with Gasteiger partial charge in [0.25, 0.3) is 5.91 Å². The molecule has 0 bridgehead atoms. The van der Waals surface area contributed by atoms with Crippen LogP contribution in [0.5, 0.6) is 0 Å². The molecule has 0 saturated heterocycles. The molecular formula is C28H23ClF3N5O. The summed E-state index contributed by atoms with van der Waals surface area (Å²) in [7, 11) is 0. The van der Waals surface area contributed by atoms with E-state index in [9.17, 15) is 18.0 Å². The summed E-state index contributed by atoms with van der Waals surface area (Å²) in [6.45, 7) is 1.19. The molecule has 0 spiro atoms. The number of halogens is 4. The molecule has 0 radical (unpaired) electrons. The SMILES string of the molecule is O=C(c1ccccc1)N(Cc1ccncc1)c1cnc2c(c1)N(Cc1cc(Cl)ccc1C(F)(F)F)CCN2. The average molecular weight is 538 g/mol. The van der Waals surface area contributed by atoms with Gasteiger partial charge in [0, 0.05) is 42.6 Å². The van der Waals surface area contributed by atoms with Gasteiger partial charge in [-0.2, -0.15) is 13.2 Å². The van der Waals surface area contributed by atoms with Gasteiger partial charge in [0.1, 0.15) is 5.82 Å². The van der Waals surface area contributed by atoms with Crippen LogP contribution in [0.4, 0.5) is 30.4 Å². The number of nitrogens with zero attached hydrogens (tertiary/aromatic N) is 4. The Kier molecular flexibility index (Phi) is 7.20. The van der Waals surface area contributed by atoms with Gasteiger partial charge in [-0.3, -0.25) is 9.78 Å². The predicted molar refractivity (Wildman–Crippen MR) is 141 cm³/mol. The molecule has 194 valence electrons. The van der Waals surface area contributed by atoms with E-state index in [1.165, 1.54) is 12.1 Å². The van der Waals surface area contributed by atoms with Crippen molar-refractivity contribution in [2.75, 3.05) is 28.2 Å². The summed E-state index contributed by atoms with van der Waals surface area (Å²) in [6.07, 6.45) is 0.388. The summed E-state index contributed by atoms with van der Waals surface area (Å²) in [4.78, 5) is 25.6. The minimum Gasteiger partial charge on any atom is -0.367 e. The van der Waals surface area contributed by atoms with E-state index in [4.69, 9.17) is 11.6 Å². The van der Waals surface area contributed by atoms with Gasteiger partial charge in [-0.05, 0) is 59.7 Å². The third kappa shape index (κ3) is 5.57. The van der Waals surface area contributed by atoms with Crippen LogP contribution in [0.3, 0.4) is 0 Å². The smallest absolute Gasteiger partial charge is 0.367 e. The number of nitrogens with one attached hydrogen (secondary N) is 1. The molecule has 0 unspecified atom stereocenters. The average Bonchev–Trinajstić information content (AvgIpc) is 2.92. The van der Waals surface area contributed by atoms with Crippen molar-refractivity contribution < 1.29 is 18.0 Å². The van der Waals surface area contributed by atoms with E-state index in [2.05, 4.69) is 15.3 Å². The fourth-order valence-electron chi connectivity index (χ4n) is 4.42. The lowest BCUT2D eigenvalue weighted by Crippen LogP contribution is -2.35. The normalized spacial score (nSPS) is 13.0. The van der Waals surface area contributed by atoms with Crippen LogP contribution in [-0.2, 0) is 19.3 Å². The van der Waals surface area contributed by atoms with Crippen LogP contribution in [0, 0.1) is 0 Å². The van der Waals surface area contributed by atoms with E-state index in [1.807, 2.05) is 23.1 Å². The molecular weight excluding hydrogens is 515 g/mol. The molecule has 0 fully saturated rings. The molecule has 38 heavy (non-hydrogen) atoms. The Bertz CT molecular complexity index is 1430. The maximum atomic E-state index is 13.7. The number of aromatic nitrogens is 2. The van der Waals surface area contributed by atoms with Crippen LogP contribution < -0.4 is 15.1 Å². The zero-order valence-electron chi connectivity index (χ0n) is 20.1. The fourth-order valence-corrected chi connectivity index (χ4v) is 4.62. The van der Waals surface area contributed by atoms with Gasteiger partial charge < -0.3 is 15.1 Å². The van der Waals surface area contributed by atoms with Crippen molar-refractivity contribution in [3.8, 4) is 0 Å². The number of amides is 1. The van der Waals surface area contributed by atoms with Crippen LogP contribution in [0.1, 0.15) is 27.0 Å². The lowest BCUT2D eigenvalue weighted by Gasteiger charge is -2.33. The number of pyridine rings is 2. The van der Waals surface area contributed by atoms with Gasteiger partial charge in [-0.15, -0.1) is 0 Å². The Morgan fingerprint density at radius 3 is 2.55 bits per heavy atom. The third-order valence-corrected chi connectivity index (χ3v) is 6.50. The van der Waals surface area contributed by atoms with E-state index in [-0.39, 0.29) is 29.6 Å². The van der Waals surface area contributed by atoms with E-state index in [0.717, 1.165) is 11.6 Å². The molecule has 4 aromatic rings. The molecule has 10 heteroatoms. The highest BCUT2D eigenvalue weighted by Crippen LogP contribution is 2.37. The van der Waals surface area contributed by atoms with E-state index in [1.54, 1.807) is 53.8 Å². The number of rotatable bonds is 6. The lowest BCUT2D eigenvalue weighted by atomic mass is 10.1. The molecule has 0 atom stereocenters. The minimum absolute atomic E-state index is 0.0216. The van der Waals surface area contributed by atoms with Crippen LogP contribution in [0.15, 0.2) is 85.3 Å². The molecule has 1 aliphatic heterocycles. The van der Waals surface area contributed by atoms with Crippen molar-refractivity contribution in [3.63, 3.8) is 0 Å². The maximum absolute atomic E-state index is 13.7. The molecule has 1 aliphatic rings. The number of hydrogen-bond acceptors (Lipinski definition) is 5. The Morgan fingerprint density at radius 1 is 1.05 bits per heavy atom. The Hall–Kier alpha value is -4.11. The molecule has 6 nitrogen and oxygen atoms in total. The first-order valence-electron chi connectivity index (χ1n) is 11.9. The van der Waals surface area contributed by atoms with Crippen molar-refractivity contribution in [3.05, 3.63) is 113 Å². The second-order valence-electron chi connectivity index (χ2n) is 8.82. The Labute approximate surface area is 222 Å². The molecule has 2 aromatic carbocycles. The molecule has 5 rings (SSSR count). The highest BCUT2D eigenvalue weighted by Gasteiger charge is 2.34. The summed E-state index contributed by atoms with van der Waals surface area (Å²) in [5.41, 5.74) is 1.82. The first kappa shape index (κ1) is 25.5. The first-order valence-corrected chi connectivity index (χ1v) is 12.3. The fraction of sp³-hybridized carbons (Fsp3) is 0.179. The highest BCUT2D eigenvalue weighted by atomic mass is 35.5. The number of carbonyl (C=O) groups excluding carboxylic acids is 1. The van der Waals surface area contributed by atoms with Gasteiger partial charge in [-0.25, -0.2) is 4.98 Å². The van der Waals surface area contributed by atoms with Crippen molar-refractivity contribution in [1.29, 1.82) is 0 Å². The van der Waals surface area contributed by atoms with E-state index >= 15 is 0 Å². The number of fused-ring (bicyclic) bond motifs is 1. The van der Waals surface area contributed by atoms with Crippen LogP contribution >= 0.6 is 11.6 Å². The topological polar surface area (TPSA) is 61.4 Å². The number of alkyl halides is 3. The Morgan fingerprint density at radius 2 is 1.82 bits per heavy atom. The number of hydrogen-bond donors (Lipinski definition) is 1. The monoisotopic (exact) mass is 537 g/mol. The van der Waals surface area contributed by atoms with Crippen molar-refractivity contribution in [1.82, 2.24) is 9.97 Å². The second kappa shape index (κ2) is 10.7. The van der Waals surface area contributed by atoms with Crippen LogP contribution in [0.25, 0.3) is 0 Å². The number of benzene rings is 2. The lowest BCUT2D eigenvalue weighted by molar-refractivity contribution is -0.138. The molecule has 2 aromatic heterocycles. The largest absolute Gasteiger partial charge is 0.416 e. The Balaban J connectivity index is 1.53. The second-order valence-corrected chi connectivity index (χ2v) is 9.26. The maximum Gasteiger partial charge on any atom is 0.416 e. The molecule has 1 N–H and O–H groups in total. The van der Waals surface area contributed by atoms with Gasteiger partial charge >= 0.3 is 6.18 Å². The van der Waals surface area contributed by atoms with Gasteiger partial charge in [0.05, 0.1) is 29.7 Å². The summed E-state index contributed by atoms with van der Waals surface area (Å²) in [5.74, 6) is 0.306. The summed E-state index contributed by atoms with van der Waals surface area (Å²) in [6, 6.07) is 17.9. The first-order chi connectivity index (χ1) is 18.3. The summed E-state index contributed by atoms with van der Waals surface area (Å²) < 4.78 is 41.2. The molecule has 1 amide bonds. The summed E-state index contributed by atoms with van der Waals surface area (Å²) in [5, 5.41) is 3.43. The summed E-state index contributed by atoms with van der Waals surface area (Å²) >= 11 is 6.06. The number of anilines is 3.